The standard InChI is InChI=1S/C7H3ClFNS/c8-11-7-3-1-2-6(9)5(7)4-10/h1-3H. The average molecular weight is 188 g/mol. The van der Waals surface area contributed by atoms with E-state index >= 15 is 0 Å². The van der Waals surface area contributed by atoms with Crippen molar-refractivity contribution in [2.45, 2.75) is 4.90 Å². The molecule has 0 N–H and O–H groups in total. The van der Waals surface area contributed by atoms with Gasteiger partial charge in [-0.05, 0) is 33.8 Å². The molecule has 0 aromatic heterocycles. The highest BCUT2D eigenvalue weighted by molar-refractivity contribution is 8.21. The van der Waals surface area contributed by atoms with Crippen molar-refractivity contribution in [3.05, 3.63) is 29.6 Å². The molecule has 1 nitrogen and oxygen atoms in total. The summed E-state index contributed by atoms with van der Waals surface area (Å²) < 4.78 is 12.7. The lowest BCUT2D eigenvalue weighted by atomic mass is 10.2. The van der Waals surface area contributed by atoms with Crippen LogP contribution in [0.3, 0.4) is 0 Å². The molecule has 0 aliphatic carbocycles. The summed E-state index contributed by atoms with van der Waals surface area (Å²) in [4.78, 5) is 0.453. The van der Waals surface area contributed by atoms with Crippen LogP contribution in [0.5, 0.6) is 0 Å². The number of rotatable bonds is 1. The van der Waals surface area contributed by atoms with Gasteiger partial charge in [-0.2, -0.15) is 5.26 Å². The number of nitrogens with zero attached hydrogens (tertiary/aromatic N) is 1. The average Bonchev–Trinajstić information content (AvgIpc) is 2.04. The summed E-state index contributed by atoms with van der Waals surface area (Å²) in [5.41, 5.74) is 0.00694. The third-order valence-electron chi connectivity index (χ3n) is 1.17. The zero-order valence-electron chi connectivity index (χ0n) is 5.34. The molecule has 0 amide bonds. The minimum atomic E-state index is -0.529. The molecule has 0 saturated heterocycles. The number of benzene rings is 1. The van der Waals surface area contributed by atoms with Gasteiger partial charge < -0.3 is 0 Å². The normalized spacial score (nSPS) is 9.18. The maximum Gasteiger partial charge on any atom is 0.142 e. The van der Waals surface area contributed by atoms with Crippen molar-refractivity contribution in [1.29, 1.82) is 5.26 Å². The van der Waals surface area contributed by atoms with Crippen molar-refractivity contribution < 1.29 is 4.39 Å². The van der Waals surface area contributed by atoms with E-state index in [0.717, 1.165) is 11.0 Å². The van der Waals surface area contributed by atoms with Gasteiger partial charge >= 0.3 is 0 Å². The highest BCUT2D eigenvalue weighted by Crippen LogP contribution is 2.26. The maximum absolute atomic E-state index is 12.7. The van der Waals surface area contributed by atoms with Gasteiger partial charge in [0.25, 0.3) is 0 Å². The van der Waals surface area contributed by atoms with E-state index in [9.17, 15) is 4.39 Å². The van der Waals surface area contributed by atoms with Gasteiger partial charge in [-0.3, -0.25) is 0 Å². The minimum absolute atomic E-state index is 0.00694. The van der Waals surface area contributed by atoms with E-state index in [2.05, 4.69) is 0 Å². The molecule has 11 heavy (non-hydrogen) atoms. The van der Waals surface area contributed by atoms with Gasteiger partial charge in [0.15, 0.2) is 0 Å². The number of hydrogen-bond donors (Lipinski definition) is 0. The SMILES string of the molecule is N#Cc1c(F)cccc1SCl. The third-order valence-corrected chi connectivity index (χ3v) is 2.18. The van der Waals surface area contributed by atoms with Crippen molar-refractivity contribution in [1.82, 2.24) is 0 Å². The first kappa shape index (κ1) is 8.38. The van der Waals surface area contributed by atoms with Gasteiger partial charge in [-0.25, -0.2) is 4.39 Å². The van der Waals surface area contributed by atoms with Crippen LogP contribution in [-0.2, 0) is 0 Å². The van der Waals surface area contributed by atoms with Crippen LogP contribution in [0.15, 0.2) is 23.1 Å². The molecule has 1 aromatic carbocycles. The summed E-state index contributed by atoms with van der Waals surface area (Å²) in [6.45, 7) is 0. The van der Waals surface area contributed by atoms with Crippen LogP contribution in [0.4, 0.5) is 4.39 Å². The fraction of sp³-hybridized carbons (Fsp3) is 0. The molecule has 0 saturated carbocycles. The van der Waals surface area contributed by atoms with Gasteiger partial charge in [-0.1, -0.05) is 6.07 Å². The Morgan fingerprint density at radius 3 is 2.73 bits per heavy atom. The molecule has 0 bridgehead atoms. The lowest BCUT2D eigenvalue weighted by Gasteiger charge is -1.96. The highest BCUT2D eigenvalue weighted by atomic mass is 35.7. The molecule has 1 aromatic rings. The minimum Gasteiger partial charge on any atom is -0.206 e. The van der Waals surface area contributed by atoms with Crippen molar-refractivity contribution in [3.8, 4) is 6.07 Å². The van der Waals surface area contributed by atoms with Crippen molar-refractivity contribution in [2.24, 2.45) is 0 Å². The summed E-state index contributed by atoms with van der Waals surface area (Å²) in [6, 6.07) is 6.08. The predicted molar refractivity (Wildman–Crippen MR) is 42.8 cm³/mol. The Bertz CT molecular complexity index is 308. The molecule has 0 radical (unpaired) electrons. The van der Waals surface area contributed by atoms with E-state index in [0.29, 0.717) is 4.90 Å². The lowest BCUT2D eigenvalue weighted by molar-refractivity contribution is 0.620. The summed E-state index contributed by atoms with van der Waals surface area (Å²) in [7, 11) is 6.23. The van der Waals surface area contributed by atoms with Crippen molar-refractivity contribution >= 4 is 21.7 Å². The second kappa shape index (κ2) is 3.61. The lowest BCUT2D eigenvalue weighted by Crippen LogP contribution is -1.84. The van der Waals surface area contributed by atoms with E-state index in [-0.39, 0.29) is 5.56 Å². The van der Waals surface area contributed by atoms with Gasteiger partial charge in [0.05, 0.1) is 0 Å². The Balaban J connectivity index is 3.27. The Hall–Kier alpha value is -0.720. The zero-order valence-corrected chi connectivity index (χ0v) is 6.92. The molecule has 0 fully saturated rings. The largest absolute Gasteiger partial charge is 0.206 e. The second-order valence-corrected chi connectivity index (χ2v) is 2.86. The summed E-state index contributed by atoms with van der Waals surface area (Å²) in [5.74, 6) is -0.529. The van der Waals surface area contributed by atoms with Gasteiger partial charge in [-0.15, -0.1) is 0 Å². The Morgan fingerprint density at radius 1 is 1.55 bits per heavy atom. The molecule has 0 spiro atoms. The van der Waals surface area contributed by atoms with Gasteiger partial charge in [0.2, 0.25) is 0 Å². The van der Waals surface area contributed by atoms with Crippen molar-refractivity contribution in [2.75, 3.05) is 0 Å². The maximum atomic E-state index is 12.7. The topological polar surface area (TPSA) is 23.8 Å². The van der Waals surface area contributed by atoms with E-state index in [1.165, 1.54) is 12.1 Å². The first-order chi connectivity index (χ1) is 5.29. The molecular formula is C7H3ClFNS. The van der Waals surface area contributed by atoms with E-state index in [1.54, 1.807) is 12.1 Å². The van der Waals surface area contributed by atoms with Gasteiger partial charge in [0.1, 0.15) is 17.4 Å². The Morgan fingerprint density at radius 2 is 2.27 bits per heavy atom. The Labute approximate surface area is 72.3 Å². The van der Waals surface area contributed by atoms with Crippen LogP contribution in [-0.4, -0.2) is 0 Å². The van der Waals surface area contributed by atoms with E-state index < -0.39 is 5.82 Å². The molecule has 56 valence electrons. The van der Waals surface area contributed by atoms with E-state index in [4.69, 9.17) is 15.9 Å². The third kappa shape index (κ3) is 1.65. The van der Waals surface area contributed by atoms with Crippen LogP contribution >= 0.6 is 21.7 Å². The fourth-order valence-corrected chi connectivity index (χ4v) is 1.41. The Kier molecular flexibility index (Phi) is 2.75. The quantitative estimate of drug-likeness (QED) is 0.675. The predicted octanol–water partition coefficient (Wildman–Crippen LogP) is 2.94. The first-order valence-corrected chi connectivity index (χ1v) is 4.41. The fourth-order valence-electron chi connectivity index (χ4n) is 0.677. The molecule has 0 aliphatic rings. The highest BCUT2D eigenvalue weighted by Gasteiger charge is 2.05. The molecule has 0 unspecified atom stereocenters. The monoisotopic (exact) mass is 187 g/mol. The summed E-state index contributed by atoms with van der Waals surface area (Å²) in [6.07, 6.45) is 0. The summed E-state index contributed by atoms with van der Waals surface area (Å²) >= 11 is 0. The van der Waals surface area contributed by atoms with E-state index in [1.807, 2.05) is 0 Å². The number of nitriles is 1. The van der Waals surface area contributed by atoms with Crippen LogP contribution in [0.1, 0.15) is 5.56 Å². The van der Waals surface area contributed by atoms with Crippen LogP contribution < -0.4 is 0 Å². The van der Waals surface area contributed by atoms with Crippen molar-refractivity contribution in [3.63, 3.8) is 0 Å². The zero-order chi connectivity index (χ0) is 8.27. The molecular weight excluding hydrogens is 185 g/mol. The summed E-state index contributed by atoms with van der Waals surface area (Å²) in [5, 5.41) is 8.47. The van der Waals surface area contributed by atoms with Crippen LogP contribution in [0, 0.1) is 17.1 Å². The second-order valence-electron chi connectivity index (χ2n) is 1.80. The van der Waals surface area contributed by atoms with Crippen LogP contribution in [0.25, 0.3) is 0 Å². The molecule has 0 atom stereocenters. The van der Waals surface area contributed by atoms with Gasteiger partial charge in [0, 0.05) is 4.90 Å². The smallest absolute Gasteiger partial charge is 0.142 e. The molecule has 1 rings (SSSR count). The number of hydrogen-bond acceptors (Lipinski definition) is 2. The number of halogens is 2. The van der Waals surface area contributed by atoms with Crippen LogP contribution in [0.2, 0.25) is 0 Å². The first-order valence-electron chi connectivity index (χ1n) is 2.77. The molecule has 4 heteroatoms. The molecule has 0 heterocycles. The molecule has 0 aliphatic heterocycles.